The Morgan fingerprint density at radius 1 is 0.821 bits per heavy atom. The van der Waals surface area contributed by atoms with Crippen LogP contribution in [0, 0.1) is 0 Å². The number of amides is 3. The van der Waals surface area contributed by atoms with Crippen molar-refractivity contribution in [3.8, 4) is 23.0 Å². The number of anilines is 1. The summed E-state index contributed by atoms with van der Waals surface area (Å²) in [6, 6.07) is 19.1. The monoisotopic (exact) mass is 534 g/mol. The normalized spacial score (nSPS) is 10.4. The fourth-order valence-electron chi connectivity index (χ4n) is 3.36. The molecule has 3 rings (SSSR count). The van der Waals surface area contributed by atoms with E-state index >= 15 is 0 Å². The predicted molar refractivity (Wildman–Crippen MR) is 146 cm³/mol. The topological polar surface area (TPSA) is 137 Å². The lowest BCUT2D eigenvalue weighted by atomic mass is 10.1. The summed E-state index contributed by atoms with van der Waals surface area (Å²) in [5, 5.41) is 9.09. The van der Waals surface area contributed by atoms with Crippen molar-refractivity contribution in [1.82, 2.24) is 10.7 Å². The third kappa shape index (κ3) is 9.08. The Hall–Kier alpha value is -5.06. The molecule has 3 aromatic carbocycles. The van der Waals surface area contributed by atoms with Gasteiger partial charge in [-0.05, 0) is 66.1 Å². The van der Waals surface area contributed by atoms with Crippen molar-refractivity contribution in [3.05, 3.63) is 77.9 Å². The van der Waals surface area contributed by atoms with Gasteiger partial charge in [-0.1, -0.05) is 18.2 Å². The molecule has 0 aromatic heterocycles. The SMILES string of the molecule is COc1ccc(NC(=O)COc2cccc(/C=N\NC(=O)C(=O)NCCc3ccc(OC)c(OC)c3)c2)cc1. The van der Waals surface area contributed by atoms with Crippen LogP contribution in [-0.4, -0.2) is 58.4 Å². The van der Waals surface area contributed by atoms with Gasteiger partial charge in [0.05, 0.1) is 27.5 Å². The van der Waals surface area contributed by atoms with Crippen molar-refractivity contribution >= 4 is 29.6 Å². The molecule has 0 aliphatic heterocycles. The lowest BCUT2D eigenvalue weighted by Gasteiger charge is -2.10. The molecule has 0 heterocycles. The van der Waals surface area contributed by atoms with Crippen molar-refractivity contribution in [3.63, 3.8) is 0 Å². The smallest absolute Gasteiger partial charge is 0.329 e. The molecule has 0 unspecified atom stereocenters. The molecule has 0 spiro atoms. The molecule has 0 aliphatic rings. The number of methoxy groups -OCH3 is 3. The van der Waals surface area contributed by atoms with Crippen LogP contribution in [0.25, 0.3) is 0 Å². The minimum Gasteiger partial charge on any atom is -0.497 e. The highest BCUT2D eigenvalue weighted by molar-refractivity contribution is 6.35. The first-order valence-electron chi connectivity index (χ1n) is 11.9. The Morgan fingerprint density at radius 3 is 2.31 bits per heavy atom. The summed E-state index contributed by atoms with van der Waals surface area (Å²) < 4.78 is 21.1. The average molecular weight is 535 g/mol. The number of hydrogen-bond acceptors (Lipinski definition) is 8. The molecule has 39 heavy (non-hydrogen) atoms. The van der Waals surface area contributed by atoms with Crippen LogP contribution >= 0.6 is 0 Å². The molecule has 204 valence electrons. The standard InChI is InChI=1S/C28H30N4O7/c1-36-22-10-8-21(9-11-22)31-26(33)18-39-23-6-4-5-20(15-23)17-30-32-28(35)27(34)29-14-13-19-7-12-24(37-2)25(16-19)38-3/h4-12,15-17H,13-14,18H2,1-3H3,(H,29,34)(H,31,33)(H,32,35)/b30-17-. The van der Waals surface area contributed by atoms with Crippen LogP contribution in [0.5, 0.6) is 23.0 Å². The fourth-order valence-corrected chi connectivity index (χ4v) is 3.36. The van der Waals surface area contributed by atoms with Gasteiger partial charge >= 0.3 is 11.8 Å². The number of benzene rings is 3. The number of ether oxygens (including phenoxy) is 4. The van der Waals surface area contributed by atoms with Gasteiger partial charge in [0.15, 0.2) is 18.1 Å². The zero-order chi connectivity index (χ0) is 28.0. The predicted octanol–water partition coefficient (Wildman–Crippen LogP) is 2.54. The molecule has 0 radical (unpaired) electrons. The number of carbonyl (C=O) groups excluding carboxylic acids is 3. The maximum atomic E-state index is 12.2. The van der Waals surface area contributed by atoms with Gasteiger partial charge in [0.2, 0.25) is 0 Å². The third-order valence-electron chi connectivity index (χ3n) is 5.33. The lowest BCUT2D eigenvalue weighted by Crippen LogP contribution is -2.38. The summed E-state index contributed by atoms with van der Waals surface area (Å²) in [5.41, 5.74) is 4.31. The van der Waals surface area contributed by atoms with Gasteiger partial charge in [-0.3, -0.25) is 14.4 Å². The third-order valence-corrected chi connectivity index (χ3v) is 5.33. The van der Waals surface area contributed by atoms with E-state index in [1.165, 1.54) is 6.21 Å². The Kier molecular flexibility index (Phi) is 10.7. The van der Waals surface area contributed by atoms with Crippen LogP contribution in [-0.2, 0) is 20.8 Å². The molecule has 0 aliphatic carbocycles. The number of nitrogens with zero attached hydrogens (tertiary/aromatic N) is 1. The summed E-state index contributed by atoms with van der Waals surface area (Å²) in [6.45, 7) is 0.0454. The summed E-state index contributed by atoms with van der Waals surface area (Å²) in [4.78, 5) is 36.3. The van der Waals surface area contributed by atoms with Gasteiger partial charge in [-0.25, -0.2) is 5.43 Å². The Balaban J connectivity index is 1.41. The highest BCUT2D eigenvalue weighted by Crippen LogP contribution is 2.27. The molecule has 0 saturated heterocycles. The van der Waals surface area contributed by atoms with Crippen molar-refractivity contribution in [2.75, 3.05) is 39.8 Å². The average Bonchev–Trinajstić information content (AvgIpc) is 2.96. The van der Waals surface area contributed by atoms with Gasteiger partial charge in [-0.2, -0.15) is 5.10 Å². The van der Waals surface area contributed by atoms with Crippen LogP contribution in [0.4, 0.5) is 5.69 Å². The zero-order valence-corrected chi connectivity index (χ0v) is 21.9. The first-order chi connectivity index (χ1) is 18.9. The molecule has 3 amide bonds. The van der Waals surface area contributed by atoms with Gasteiger partial charge < -0.3 is 29.6 Å². The van der Waals surface area contributed by atoms with Crippen molar-refractivity contribution in [2.24, 2.45) is 5.10 Å². The van der Waals surface area contributed by atoms with Crippen LogP contribution < -0.4 is 35.0 Å². The molecule has 3 aromatic rings. The molecular weight excluding hydrogens is 504 g/mol. The second-order valence-corrected chi connectivity index (χ2v) is 8.03. The largest absolute Gasteiger partial charge is 0.497 e. The van der Waals surface area contributed by atoms with Crippen LogP contribution in [0.15, 0.2) is 71.8 Å². The molecular formula is C28H30N4O7. The summed E-state index contributed by atoms with van der Waals surface area (Å²) >= 11 is 0. The Morgan fingerprint density at radius 2 is 1.59 bits per heavy atom. The van der Waals surface area contributed by atoms with E-state index in [0.29, 0.717) is 40.7 Å². The number of nitrogens with one attached hydrogen (secondary N) is 3. The first kappa shape index (κ1) is 28.5. The van der Waals surface area contributed by atoms with E-state index in [4.69, 9.17) is 18.9 Å². The van der Waals surface area contributed by atoms with E-state index in [1.54, 1.807) is 82.0 Å². The maximum absolute atomic E-state index is 12.2. The summed E-state index contributed by atoms with van der Waals surface area (Å²) in [7, 11) is 4.66. The van der Waals surface area contributed by atoms with E-state index in [2.05, 4.69) is 21.2 Å². The first-order valence-corrected chi connectivity index (χ1v) is 11.9. The maximum Gasteiger partial charge on any atom is 0.329 e. The van der Waals surface area contributed by atoms with E-state index < -0.39 is 11.8 Å². The quantitative estimate of drug-likeness (QED) is 0.185. The van der Waals surface area contributed by atoms with E-state index in [0.717, 1.165) is 5.56 Å². The second-order valence-electron chi connectivity index (χ2n) is 8.03. The number of hydrazone groups is 1. The summed E-state index contributed by atoms with van der Waals surface area (Å²) in [5.74, 6) is 0.264. The number of hydrogen-bond donors (Lipinski definition) is 3. The van der Waals surface area contributed by atoms with Gasteiger partial charge in [0.1, 0.15) is 11.5 Å². The highest BCUT2D eigenvalue weighted by Gasteiger charge is 2.12. The van der Waals surface area contributed by atoms with Gasteiger partial charge in [0.25, 0.3) is 5.91 Å². The molecule has 11 heteroatoms. The van der Waals surface area contributed by atoms with Crippen LogP contribution in [0.2, 0.25) is 0 Å². The van der Waals surface area contributed by atoms with Crippen LogP contribution in [0.1, 0.15) is 11.1 Å². The van der Waals surface area contributed by atoms with E-state index in [-0.39, 0.29) is 19.1 Å². The zero-order valence-electron chi connectivity index (χ0n) is 21.9. The molecule has 0 saturated carbocycles. The Bertz CT molecular complexity index is 1310. The van der Waals surface area contributed by atoms with Crippen LogP contribution in [0.3, 0.4) is 0 Å². The van der Waals surface area contributed by atoms with E-state index in [1.807, 2.05) is 6.07 Å². The fraction of sp³-hybridized carbons (Fsp3) is 0.214. The van der Waals surface area contributed by atoms with Gasteiger partial charge in [-0.15, -0.1) is 0 Å². The number of rotatable bonds is 12. The number of carbonyl (C=O) groups is 3. The highest BCUT2D eigenvalue weighted by atomic mass is 16.5. The minimum atomic E-state index is -0.902. The molecule has 0 atom stereocenters. The Labute approximate surface area is 226 Å². The van der Waals surface area contributed by atoms with Crippen molar-refractivity contribution in [2.45, 2.75) is 6.42 Å². The van der Waals surface area contributed by atoms with E-state index in [9.17, 15) is 14.4 Å². The minimum absolute atomic E-state index is 0.202. The van der Waals surface area contributed by atoms with Gasteiger partial charge in [0, 0.05) is 12.2 Å². The molecule has 11 nitrogen and oxygen atoms in total. The second kappa shape index (κ2) is 14.6. The molecule has 0 bridgehead atoms. The van der Waals surface area contributed by atoms with Crippen molar-refractivity contribution < 1.29 is 33.3 Å². The molecule has 3 N–H and O–H groups in total. The molecule has 0 fully saturated rings. The lowest BCUT2D eigenvalue weighted by molar-refractivity contribution is -0.139. The summed E-state index contributed by atoms with van der Waals surface area (Å²) in [6.07, 6.45) is 1.85. The van der Waals surface area contributed by atoms with Crippen molar-refractivity contribution in [1.29, 1.82) is 0 Å².